The van der Waals surface area contributed by atoms with Gasteiger partial charge in [0.2, 0.25) is 5.91 Å². The lowest BCUT2D eigenvalue weighted by Crippen LogP contribution is -2.45. The number of aliphatic hydroxyl groups is 2. The standard InChI is InChI=1S/C73H143NO5/c1-3-5-7-9-11-13-15-17-19-21-22-23-24-25-26-27-30-34-37-41-45-49-53-57-61-65-71(76)70(69-75)74-72(77)66-62-58-54-50-46-42-38-35-31-28-29-32-36-40-44-48-52-56-60-64-68-79-73(78)67-63-59-55-51-47-43-39-33-20-18-16-14-12-10-8-6-4-2/h61,65,70-71,75-76H,3-60,62-64,66-69H2,1-2H3,(H,74,77)/b65-61+. The molecule has 6 nitrogen and oxygen atoms in total. The quantitative estimate of drug-likeness (QED) is 0.0320. The first kappa shape index (κ1) is 77.6. The molecule has 0 spiro atoms. The summed E-state index contributed by atoms with van der Waals surface area (Å²) < 4.78 is 5.51. The van der Waals surface area contributed by atoms with Crippen LogP contribution in [0.15, 0.2) is 12.2 Å². The predicted octanol–water partition coefficient (Wildman–Crippen LogP) is 23.5. The summed E-state index contributed by atoms with van der Waals surface area (Å²) in [5.74, 6) is -0.0490. The molecule has 0 aliphatic rings. The molecule has 470 valence electrons. The second-order valence-electron chi connectivity index (χ2n) is 25.3. The molecule has 0 saturated carbocycles. The number of hydrogen-bond donors (Lipinski definition) is 3. The molecule has 0 fully saturated rings. The first-order chi connectivity index (χ1) is 39.0. The van der Waals surface area contributed by atoms with E-state index < -0.39 is 12.1 Å². The highest BCUT2D eigenvalue weighted by molar-refractivity contribution is 5.76. The summed E-state index contributed by atoms with van der Waals surface area (Å²) in [6.45, 7) is 4.95. The van der Waals surface area contributed by atoms with E-state index in [-0.39, 0.29) is 18.5 Å². The van der Waals surface area contributed by atoms with E-state index in [0.29, 0.717) is 19.4 Å². The van der Waals surface area contributed by atoms with E-state index in [4.69, 9.17) is 4.74 Å². The number of hydrogen-bond acceptors (Lipinski definition) is 5. The molecule has 2 unspecified atom stereocenters. The fraction of sp³-hybridized carbons (Fsp3) is 0.945. The van der Waals surface area contributed by atoms with Gasteiger partial charge in [-0.1, -0.05) is 386 Å². The van der Waals surface area contributed by atoms with Gasteiger partial charge in [0, 0.05) is 12.8 Å². The smallest absolute Gasteiger partial charge is 0.305 e. The molecule has 0 radical (unpaired) electrons. The molecule has 0 aromatic rings. The molecule has 0 rings (SSSR count). The van der Waals surface area contributed by atoms with Crippen molar-refractivity contribution < 1.29 is 24.5 Å². The fourth-order valence-corrected chi connectivity index (χ4v) is 11.8. The summed E-state index contributed by atoms with van der Waals surface area (Å²) >= 11 is 0. The Labute approximate surface area is 495 Å². The van der Waals surface area contributed by atoms with Crippen LogP contribution in [0.3, 0.4) is 0 Å². The molecular formula is C73H143NO5. The predicted molar refractivity (Wildman–Crippen MR) is 347 cm³/mol. The van der Waals surface area contributed by atoms with Crippen LogP contribution in [0.4, 0.5) is 0 Å². The Bertz CT molecular complexity index is 1190. The van der Waals surface area contributed by atoms with Crippen LogP contribution in [0, 0.1) is 0 Å². The third-order valence-electron chi connectivity index (χ3n) is 17.3. The maximum Gasteiger partial charge on any atom is 0.305 e. The lowest BCUT2D eigenvalue weighted by atomic mass is 10.0. The number of carbonyl (C=O) groups is 2. The Morgan fingerprint density at radius 2 is 0.582 bits per heavy atom. The summed E-state index contributed by atoms with van der Waals surface area (Å²) in [7, 11) is 0. The molecule has 0 aromatic carbocycles. The number of ether oxygens (including phenoxy) is 1. The van der Waals surface area contributed by atoms with E-state index in [0.717, 1.165) is 38.5 Å². The van der Waals surface area contributed by atoms with Gasteiger partial charge < -0.3 is 20.3 Å². The van der Waals surface area contributed by atoms with E-state index in [9.17, 15) is 19.8 Å². The molecule has 0 heterocycles. The maximum absolute atomic E-state index is 12.5. The van der Waals surface area contributed by atoms with Crippen LogP contribution in [-0.2, 0) is 14.3 Å². The topological polar surface area (TPSA) is 95.9 Å². The van der Waals surface area contributed by atoms with Gasteiger partial charge in [-0.15, -0.1) is 0 Å². The van der Waals surface area contributed by atoms with Crippen molar-refractivity contribution >= 4 is 11.9 Å². The van der Waals surface area contributed by atoms with E-state index in [1.165, 1.54) is 353 Å². The minimum Gasteiger partial charge on any atom is -0.466 e. The molecule has 79 heavy (non-hydrogen) atoms. The number of nitrogens with one attached hydrogen (secondary N) is 1. The zero-order valence-corrected chi connectivity index (χ0v) is 53.9. The van der Waals surface area contributed by atoms with Gasteiger partial charge in [-0.25, -0.2) is 0 Å². The van der Waals surface area contributed by atoms with Gasteiger partial charge in [0.15, 0.2) is 0 Å². The molecule has 0 bridgehead atoms. The fourth-order valence-electron chi connectivity index (χ4n) is 11.8. The number of esters is 1. The third-order valence-corrected chi connectivity index (χ3v) is 17.3. The summed E-state index contributed by atoms with van der Waals surface area (Å²) in [6.07, 6.45) is 85.8. The summed E-state index contributed by atoms with van der Waals surface area (Å²) in [5, 5.41) is 23.3. The van der Waals surface area contributed by atoms with Crippen molar-refractivity contribution in [2.45, 2.75) is 431 Å². The summed E-state index contributed by atoms with van der Waals surface area (Å²) in [5.41, 5.74) is 0. The molecular weight excluding hydrogens is 971 g/mol. The summed E-state index contributed by atoms with van der Waals surface area (Å²) in [4.78, 5) is 24.6. The number of unbranched alkanes of at least 4 members (excludes halogenated alkanes) is 58. The zero-order chi connectivity index (χ0) is 57.1. The highest BCUT2D eigenvalue weighted by Gasteiger charge is 2.18. The van der Waals surface area contributed by atoms with Crippen molar-refractivity contribution in [3.8, 4) is 0 Å². The second kappa shape index (κ2) is 69.1. The van der Waals surface area contributed by atoms with Gasteiger partial charge in [0.05, 0.1) is 25.4 Å². The van der Waals surface area contributed by atoms with Gasteiger partial charge in [-0.2, -0.15) is 0 Å². The minimum absolute atomic E-state index is 0.0153. The second-order valence-corrected chi connectivity index (χ2v) is 25.3. The molecule has 3 N–H and O–H groups in total. The molecule has 6 heteroatoms. The Balaban J connectivity index is 3.40. The Morgan fingerprint density at radius 1 is 0.342 bits per heavy atom. The van der Waals surface area contributed by atoms with Gasteiger partial charge >= 0.3 is 5.97 Å². The van der Waals surface area contributed by atoms with Crippen molar-refractivity contribution in [2.75, 3.05) is 13.2 Å². The van der Waals surface area contributed by atoms with E-state index >= 15 is 0 Å². The normalized spacial score (nSPS) is 12.5. The molecule has 0 saturated heterocycles. The monoisotopic (exact) mass is 1110 g/mol. The van der Waals surface area contributed by atoms with Crippen LogP contribution in [0.5, 0.6) is 0 Å². The number of carbonyl (C=O) groups excluding carboxylic acids is 2. The van der Waals surface area contributed by atoms with Crippen LogP contribution in [0.2, 0.25) is 0 Å². The number of rotatable bonds is 69. The van der Waals surface area contributed by atoms with E-state index in [1.54, 1.807) is 6.08 Å². The van der Waals surface area contributed by atoms with Crippen LogP contribution >= 0.6 is 0 Å². The number of aliphatic hydroxyl groups excluding tert-OH is 2. The average molecular weight is 1110 g/mol. The highest BCUT2D eigenvalue weighted by atomic mass is 16.5. The summed E-state index contributed by atoms with van der Waals surface area (Å²) in [6, 6.07) is -0.630. The first-order valence-corrected chi connectivity index (χ1v) is 36.5. The molecule has 0 aromatic heterocycles. The van der Waals surface area contributed by atoms with Crippen molar-refractivity contribution in [3.05, 3.63) is 12.2 Å². The molecule has 1 amide bonds. The van der Waals surface area contributed by atoms with Crippen LogP contribution in [0.25, 0.3) is 0 Å². The zero-order valence-electron chi connectivity index (χ0n) is 53.9. The van der Waals surface area contributed by atoms with Gasteiger partial charge in [0.25, 0.3) is 0 Å². The lowest BCUT2D eigenvalue weighted by molar-refractivity contribution is -0.143. The van der Waals surface area contributed by atoms with Crippen LogP contribution in [0.1, 0.15) is 418 Å². The molecule has 2 atom stereocenters. The van der Waals surface area contributed by atoms with Crippen LogP contribution in [-0.4, -0.2) is 47.4 Å². The lowest BCUT2D eigenvalue weighted by Gasteiger charge is -2.20. The molecule has 0 aliphatic carbocycles. The minimum atomic E-state index is -0.847. The number of allylic oxidation sites excluding steroid dienone is 1. The Kier molecular flexibility index (Phi) is 67.9. The van der Waals surface area contributed by atoms with Gasteiger partial charge in [0.1, 0.15) is 0 Å². The number of amides is 1. The highest BCUT2D eigenvalue weighted by Crippen LogP contribution is 2.19. The van der Waals surface area contributed by atoms with Crippen molar-refractivity contribution in [1.29, 1.82) is 0 Å². The van der Waals surface area contributed by atoms with Gasteiger partial charge in [-0.3, -0.25) is 9.59 Å². The SMILES string of the molecule is CCCCCCCCCCCCCCCCCCCCCCCCC/C=C/C(O)C(CO)NC(=O)CCCCCCCCCCCCCCCCCCCCCCOC(=O)CCCCCCCCCCCCCCCCCCC. The average Bonchev–Trinajstić information content (AvgIpc) is 3.45. The van der Waals surface area contributed by atoms with Crippen molar-refractivity contribution in [1.82, 2.24) is 5.32 Å². The van der Waals surface area contributed by atoms with Crippen molar-refractivity contribution in [2.24, 2.45) is 0 Å². The molecule has 0 aliphatic heterocycles. The maximum atomic E-state index is 12.5. The van der Waals surface area contributed by atoms with Gasteiger partial charge in [-0.05, 0) is 32.1 Å². The third kappa shape index (κ3) is 65.6. The van der Waals surface area contributed by atoms with E-state index in [2.05, 4.69) is 19.2 Å². The van der Waals surface area contributed by atoms with Crippen LogP contribution < -0.4 is 5.32 Å². The largest absolute Gasteiger partial charge is 0.466 e. The Hall–Kier alpha value is -1.40. The van der Waals surface area contributed by atoms with E-state index in [1.807, 2.05) is 6.08 Å². The van der Waals surface area contributed by atoms with Crippen molar-refractivity contribution in [3.63, 3.8) is 0 Å². The Morgan fingerprint density at radius 3 is 0.861 bits per heavy atom. The first-order valence-electron chi connectivity index (χ1n) is 36.5.